The van der Waals surface area contributed by atoms with E-state index in [4.69, 9.17) is 14.2 Å². The van der Waals surface area contributed by atoms with Gasteiger partial charge in [0.25, 0.3) is 0 Å². The van der Waals surface area contributed by atoms with Crippen LogP contribution in [0.3, 0.4) is 0 Å². The minimum Gasteiger partial charge on any atom is -0.493 e. The van der Waals surface area contributed by atoms with Crippen molar-refractivity contribution in [2.75, 3.05) is 40.4 Å². The third kappa shape index (κ3) is 5.19. The minimum atomic E-state index is 0.113. The molecule has 0 aromatic heterocycles. The molecule has 5 heteroatoms. The maximum Gasteiger partial charge on any atom is 0.161 e. The van der Waals surface area contributed by atoms with Crippen LogP contribution >= 0.6 is 0 Å². The molecule has 1 unspecified atom stereocenters. The van der Waals surface area contributed by atoms with Gasteiger partial charge < -0.3 is 19.5 Å². The molecule has 1 fully saturated rings. The summed E-state index contributed by atoms with van der Waals surface area (Å²) < 4.78 is 17.1. The second kappa shape index (κ2) is 10.3. The van der Waals surface area contributed by atoms with Crippen LogP contribution in [0.5, 0.6) is 17.2 Å². The number of rotatable bonds is 8. The quantitative estimate of drug-likeness (QED) is 0.592. The van der Waals surface area contributed by atoms with Gasteiger partial charge in [-0.15, -0.1) is 0 Å². The molecule has 1 aliphatic rings. The van der Waals surface area contributed by atoms with Crippen LogP contribution in [0.25, 0.3) is 0 Å². The van der Waals surface area contributed by atoms with Gasteiger partial charge in [0.2, 0.25) is 0 Å². The number of ether oxygens (including phenoxy) is 3. The lowest BCUT2D eigenvalue weighted by atomic mass is 9.95. The summed E-state index contributed by atoms with van der Waals surface area (Å²) in [5.74, 6) is 2.36. The summed E-state index contributed by atoms with van der Waals surface area (Å²) >= 11 is 0. The summed E-state index contributed by atoms with van der Waals surface area (Å²) in [4.78, 5) is 2.51. The van der Waals surface area contributed by atoms with Crippen LogP contribution in [0.2, 0.25) is 0 Å². The van der Waals surface area contributed by atoms with Gasteiger partial charge in [-0.3, -0.25) is 4.90 Å². The number of piperazine rings is 1. The van der Waals surface area contributed by atoms with E-state index in [1.54, 1.807) is 14.2 Å². The van der Waals surface area contributed by atoms with E-state index in [1.807, 2.05) is 30.3 Å². The number of hydrogen-bond donors (Lipinski definition) is 1. The second-order valence-electron chi connectivity index (χ2n) is 7.65. The first-order valence-electron chi connectivity index (χ1n) is 10.7. The van der Waals surface area contributed by atoms with E-state index in [1.165, 1.54) is 11.1 Å². The van der Waals surface area contributed by atoms with Crippen molar-refractivity contribution in [2.24, 2.45) is 0 Å². The van der Waals surface area contributed by atoms with Crippen LogP contribution in [0, 0.1) is 0 Å². The van der Waals surface area contributed by atoms with E-state index >= 15 is 0 Å². The molecule has 0 spiro atoms. The molecule has 1 atom stereocenters. The molecule has 0 amide bonds. The van der Waals surface area contributed by atoms with Gasteiger partial charge in [-0.2, -0.15) is 0 Å². The fraction of sp³-hybridized carbons (Fsp3) is 0.308. The highest BCUT2D eigenvalue weighted by Gasteiger charge is 2.25. The Bertz CT molecular complexity index is 971. The van der Waals surface area contributed by atoms with Gasteiger partial charge in [-0.1, -0.05) is 48.5 Å². The Balaban J connectivity index is 1.64. The van der Waals surface area contributed by atoms with Crippen LogP contribution < -0.4 is 19.5 Å². The van der Waals surface area contributed by atoms with Crippen molar-refractivity contribution in [1.82, 2.24) is 10.2 Å². The molecule has 0 radical (unpaired) electrons. The Hall–Kier alpha value is -3.02. The summed E-state index contributed by atoms with van der Waals surface area (Å²) in [7, 11) is 3.35. The monoisotopic (exact) mass is 418 g/mol. The predicted molar refractivity (Wildman–Crippen MR) is 123 cm³/mol. The third-order valence-corrected chi connectivity index (χ3v) is 5.66. The van der Waals surface area contributed by atoms with Crippen molar-refractivity contribution in [3.05, 3.63) is 89.5 Å². The Morgan fingerprint density at radius 3 is 2.29 bits per heavy atom. The zero-order chi connectivity index (χ0) is 21.5. The molecule has 1 saturated heterocycles. The summed E-state index contributed by atoms with van der Waals surface area (Å²) in [6.45, 7) is 4.48. The molecular weight excluding hydrogens is 388 g/mol. The third-order valence-electron chi connectivity index (χ3n) is 5.66. The van der Waals surface area contributed by atoms with Crippen molar-refractivity contribution < 1.29 is 14.2 Å². The van der Waals surface area contributed by atoms with Gasteiger partial charge in [-0.25, -0.2) is 0 Å². The molecule has 0 saturated carbocycles. The Morgan fingerprint density at radius 2 is 1.55 bits per heavy atom. The Labute approximate surface area is 184 Å². The molecule has 1 aliphatic heterocycles. The molecule has 3 aromatic rings. The zero-order valence-corrected chi connectivity index (χ0v) is 18.2. The van der Waals surface area contributed by atoms with Crippen molar-refractivity contribution in [2.45, 2.75) is 12.6 Å². The van der Waals surface area contributed by atoms with Crippen molar-refractivity contribution in [1.29, 1.82) is 0 Å². The van der Waals surface area contributed by atoms with E-state index < -0.39 is 0 Å². The fourth-order valence-electron chi connectivity index (χ4n) is 4.09. The van der Waals surface area contributed by atoms with Crippen molar-refractivity contribution in [3.8, 4) is 17.2 Å². The van der Waals surface area contributed by atoms with E-state index in [9.17, 15) is 0 Å². The van der Waals surface area contributed by atoms with Crippen molar-refractivity contribution >= 4 is 0 Å². The van der Waals surface area contributed by atoms with E-state index in [0.29, 0.717) is 6.61 Å². The number of benzene rings is 3. The molecule has 0 aliphatic carbocycles. The van der Waals surface area contributed by atoms with Gasteiger partial charge in [0.05, 0.1) is 20.3 Å². The highest BCUT2D eigenvalue weighted by atomic mass is 16.5. The van der Waals surface area contributed by atoms with Crippen LogP contribution in [0.15, 0.2) is 72.8 Å². The van der Waals surface area contributed by atoms with Gasteiger partial charge in [0.1, 0.15) is 12.4 Å². The number of nitrogens with one attached hydrogen (secondary N) is 1. The maximum absolute atomic E-state index is 6.11. The summed E-state index contributed by atoms with van der Waals surface area (Å²) in [5.41, 5.74) is 3.55. The summed E-state index contributed by atoms with van der Waals surface area (Å²) in [6, 6.07) is 25.0. The Morgan fingerprint density at radius 1 is 0.806 bits per heavy atom. The summed E-state index contributed by atoms with van der Waals surface area (Å²) in [5, 5.41) is 3.45. The van der Waals surface area contributed by atoms with Crippen LogP contribution in [-0.4, -0.2) is 45.3 Å². The molecule has 1 N–H and O–H groups in total. The molecule has 1 heterocycles. The highest BCUT2D eigenvalue weighted by Crippen LogP contribution is 2.36. The smallest absolute Gasteiger partial charge is 0.161 e. The van der Waals surface area contributed by atoms with Gasteiger partial charge in [0, 0.05) is 26.2 Å². The molecule has 31 heavy (non-hydrogen) atoms. The fourth-order valence-corrected chi connectivity index (χ4v) is 4.09. The predicted octanol–water partition coefficient (Wildman–Crippen LogP) is 4.28. The van der Waals surface area contributed by atoms with E-state index in [2.05, 4.69) is 52.7 Å². The van der Waals surface area contributed by atoms with E-state index in [-0.39, 0.29) is 6.04 Å². The van der Waals surface area contributed by atoms with E-state index in [0.717, 1.165) is 49.0 Å². The average molecular weight is 419 g/mol. The lowest BCUT2D eigenvalue weighted by molar-refractivity contribution is 0.197. The molecule has 4 rings (SSSR count). The standard InChI is InChI=1S/C26H30N2O3/c1-29-24-12-11-22(18-25(24)30-2)26(28-15-13-27-14-16-28)21-9-6-10-23(17-21)31-19-20-7-4-3-5-8-20/h3-12,17-18,26-27H,13-16,19H2,1-2H3. The second-order valence-corrected chi connectivity index (χ2v) is 7.65. The largest absolute Gasteiger partial charge is 0.493 e. The van der Waals surface area contributed by atoms with Gasteiger partial charge >= 0.3 is 0 Å². The van der Waals surface area contributed by atoms with Crippen LogP contribution in [0.1, 0.15) is 22.7 Å². The highest BCUT2D eigenvalue weighted by molar-refractivity contribution is 5.46. The summed E-state index contributed by atoms with van der Waals surface area (Å²) in [6.07, 6.45) is 0. The SMILES string of the molecule is COc1ccc(C(c2cccc(OCc3ccccc3)c2)N2CCNCC2)cc1OC. The topological polar surface area (TPSA) is 43.0 Å². The molecule has 3 aromatic carbocycles. The van der Waals surface area contributed by atoms with Gasteiger partial charge in [0.15, 0.2) is 11.5 Å². The average Bonchev–Trinajstić information content (AvgIpc) is 2.84. The first-order valence-corrected chi connectivity index (χ1v) is 10.7. The minimum absolute atomic E-state index is 0.113. The molecule has 5 nitrogen and oxygen atoms in total. The lowest BCUT2D eigenvalue weighted by Gasteiger charge is -2.36. The number of nitrogens with zero attached hydrogens (tertiary/aromatic N) is 1. The molecular formula is C26H30N2O3. The molecule has 162 valence electrons. The maximum atomic E-state index is 6.11. The number of methoxy groups -OCH3 is 2. The molecule has 0 bridgehead atoms. The van der Waals surface area contributed by atoms with Crippen LogP contribution in [-0.2, 0) is 6.61 Å². The first-order chi connectivity index (χ1) is 15.3. The number of hydrogen-bond acceptors (Lipinski definition) is 5. The first kappa shape index (κ1) is 21.2. The van der Waals surface area contributed by atoms with Crippen molar-refractivity contribution in [3.63, 3.8) is 0 Å². The zero-order valence-electron chi connectivity index (χ0n) is 18.2. The normalized spacial score (nSPS) is 15.3. The Kier molecular flexibility index (Phi) is 7.07. The van der Waals surface area contributed by atoms with Crippen LogP contribution in [0.4, 0.5) is 0 Å². The lowest BCUT2D eigenvalue weighted by Crippen LogP contribution is -2.45. The van der Waals surface area contributed by atoms with Gasteiger partial charge in [-0.05, 0) is 41.0 Å².